The van der Waals surface area contributed by atoms with E-state index in [2.05, 4.69) is 10.1 Å². The summed E-state index contributed by atoms with van der Waals surface area (Å²) in [5.74, 6) is -1.82. The maximum absolute atomic E-state index is 14.0. The number of aryl methyl sites for hydroxylation is 1. The van der Waals surface area contributed by atoms with Crippen molar-refractivity contribution in [3.63, 3.8) is 0 Å². The van der Waals surface area contributed by atoms with Gasteiger partial charge in [0.15, 0.2) is 0 Å². The van der Waals surface area contributed by atoms with Gasteiger partial charge in [0.1, 0.15) is 11.3 Å². The Bertz CT molecular complexity index is 876. The van der Waals surface area contributed by atoms with E-state index in [0.717, 1.165) is 6.07 Å². The summed E-state index contributed by atoms with van der Waals surface area (Å²) in [5, 5.41) is 13.6. The summed E-state index contributed by atoms with van der Waals surface area (Å²) in [5.41, 5.74) is 0.764. The molecule has 3 aromatic rings. The molecule has 21 heavy (non-hydrogen) atoms. The van der Waals surface area contributed by atoms with E-state index in [9.17, 15) is 14.3 Å². The zero-order valence-electron chi connectivity index (χ0n) is 10.8. The molecule has 106 valence electrons. The molecule has 0 aliphatic rings. The number of benzene rings is 1. The zero-order chi connectivity index (χ0) is 15.1. The number of rotatable bonds is 2. The van der Waals surface area contributed by atoms with Gasteiger partial charge in [-0.1, -0.05) is 11.6 Å². The van der Waals surface area contributed by atoms with Crippen molar-refractivity contribution in [3.05, 3.63) is 47.0 Å². The largest absolute Gasteiger partial charge is 0.478 e. The van der Waals surface area contributed by atoms with Gasteiger partial charge in [-0.25, -0.2) is 14.2 Å². The summed E-state index contributed by atoms with van der Waals surface area (Å²) in [4.78, 5) is 15.6. The lowest BCUT2D eigenvalue weighted by Crippen LogP contribution is -2.02. The summed E-state index contributed by atoms with van der Waals surface area (Å²) in [6.07, 6.45) is 3.20. The number of halogens is 2. The van der Waals surface area contributed by atoms with Crippen LogP contribution in [0.4, 0.5) is 4.39 Å². The van der Waals surface area contributed by atoms with E-state index in [1.807, 2.05) is 0 Å². The third-order valence-corrected chi connectivity index (χ3v) is 3.41. The van der Waals surface area contributed by atoms with Gasteiger partial charge in [0.2, 0.25) is 0 Å². The first kappa shape index (κ1) is 13.5. The Morgan fingerprint density at radius 2 is 2.19 bits per heavy atom. The molecule has 0 atom stereocenters. The Labute approximate surface area is 123 Å². The van der Waals surface area contributed by atoms with E-state index in [4.69, 9.17) is 11.6 Å². The molecule has 0 spiro atoms. The lowest BCUT2D eigenvalue weighted by molar-refractivity contribution is 0.0699. The van der Waals surface area contributed by atoms with Gasteiger partial charge in [0.05, 0.1) is 22.5 Å². The minimum atomic E-state index is -1.19. The van der Waals surface area contributed by atoms with Gasteiger partial charge in [-0.3, -0.25) is 4.68 Å². The van der Waals surface area contributed by atoms with E-state index in [-0.39, 0.29) is 21.5 Å². The molecule has 7 heteroatoms. The summed E-state index contributed by atoms with van der Waals surface area (Å²) in [7, 11) is 1.72. The molecule has 0 unspecified atom stereocenters. The van der Waals surface area contributed by atoms with Gasteiger partial charge in [0, 0.05) is 24.2 Å². The van der Waals surface area contributed by atoms with Crippen LogP contribution in [0.25, 0.3) is 22.2 Å². The number of aromatic nitrogens is 3. The fourth-order valence-corrected chi connectivity index (χ4v) is 2.39. The number of carboxylic acid groups (broad SMARTS) is 1. The highest BCUT2D eigenvalue weighted by Gasteiger charge is 2.18. The van der Waals surface area contributed by atoms with Crippen LogP contribution in [-0.4, -0.2) is 25.8 Å². The third kappa shape index (κ3) is 2.23. The second-order valence-electron chi connectivity index (χ2n) is 4.52. The Morgan fingerprint density at radius 1 is 1.43 bits per heavy atom. The van der Waals surface area contributed by atoms with Gasteiger partial charge in [-0.2, -0.15) is 5.10 Å². The molecule has 0 saturated carbocycles. The number of carbonyl (C=O) groups is 1. The first-order valence-corrected chi connectivity index (χ1v) is 6.36. The van der Waals surface area contributed by atoms with Gasteiger partial charge in [-0.05, 0) is 18.2 Å². The van der Waals surface area contributed by atoms with Crippen molar-refractivity contribution in [2.24, 2.45) is 7.05 Å². The number of hydrogen-bond donors (Lipinski definition) is 1. The van der Waals surface area contributed by atoms with Crippen LogP contribution in [0.5, 0.6) is 0 Å². The summed E-state index contributed by atoms with van der Waals surface area (Å²) in [6.45, 7) is 0. The Kier molecular flexibility index (Phi) is 3.10. The fraction of sp³-hybridized carbons (Fsp3) is 0.0714. The highest BCUT2D eigenvalue weighted by molar-refractivity contribution is 6.36. The van der Waals surface area contributed by atoms with Crippen LogP contribution in [0.3, 0.4) is 0 Å². The number of pyridine rings is 1. The lowest BCUT2D eigenvalue weighted by atomic mass is 10.1. The first-order valence-electron chi connectivity index (χ1n) is 5.98. The highest BCUT2D eigenvalue weighted by atomic mass is 35.5. The maximum atomic E-state index is 14.0. The van der Waals surface area contributed by atoms with Crippen molar-refractivity contribution in [2.45, 2.75) is 0 Å². The van der Waals surface area contributed by atoms with Crippen LogP contribution in [0.1, 0.15) is 10.4 Å². The predicted octanol–water partition coefficient (Wildman–Crippen LogP) is 3.13. The second-order valence-corrected chi connectivity index (χ2v) is 4.92. The Hall–Kier alpha value is -2.47. The van der Waals surface area contributed by atoms with Crippen LogP contribution in [-0.2, 0) is 7.05 Å². The fourth-order valence-electron chi connectivity index (χ4n) is 2.14. The van der Waals surface area contributed by atoms with Crippen LogP contribution in [0.15, 0.2) is 30.6 Å². The quantitative estimate of drug-likeness (QED) is 0.790. The molecular weight excluding hydrogens is 297 g/mol. The number of hydrogen-bond acceptors (Lipinski definition) is 3. The number of nitrogens with zero attached hydrogens (tertiary/aromatic N) is 3. The van der Waals surface area contributed by atoms with E-state index >= 15 is 0 Å². The molecule has 0 saturated heterocycles. The molecule has 0 aliphatic carbocycles. The average molecular weight is 306 g/mol. The van der Waals surface area contributed by atoms with Crippen LogP contribution >= 0.6 is 11.6 Å². The molecule has 1 aromatic carbocycles. The topological polar surface area (TPSA) is 68.0 Å². The number of fused-ring (bicyclic) bond motifs is 1. The zero-order valence-corrected chi connectivity index (χ0v) is 11.6. The van der Waals surface area contributed by atoms with Crippen molar-refractivity contribution >= 4 is 28.5 Å². The van der Waals surface area contributed by atoms with Crippen molar-refractivity contribution < 1.29 is 14.3 Å². The van der Waals surface area contributed by atoms with E-state index < -0.39 is 11.8 Å². The van der Waals surface area contributed by atoms with Gasteiger partial charge < -0.3 is 5.11 Å². The van der Waals surface area contributed by atoms with Gasteiger partial charge in [-0.15, -0.1) is 0 Å². The molecule has 2 heterocycles. The molecular formula is C14H9ClFN3O2. The summed E-state index contributed by atoms with van der Waals surface area (Å²) in [6, 6.07) is 3.85. The molecule has 0 bridgehead atoms. The van der Waals surface area contributed by atoms with Gasteiger partial charge in [0.25, 0.3) is 0 Å². The maximum Gasteiger partial charge on any atom is 0.336 e. The first-order chi connectivity index (χ1) is 9.97. The van der Waals surface area contributed by atoms with Crippen LogP contribution in [0.2, 0.25) is 5.02 Å². The van der Waals surface area contributed by atoms with E-state index in [1.54, 1.807) is 17.9 Å². The monoisotopic (exact) mass is 305 g/mol. The van der Waals surface area contributed by atoms with Gasteiger partial charge >= 0.3 is 5.97 Å². The number of carboxylic acids is 1. The molecule has 0 fully saturated rings. The standard InChI is InChI=1S/C14H9ClFN3O2/c1-19-6-7(5-17-19)11-4-8(14(20)21)12-9(15)2-3-10(16)13(12)18-11/h2-6H,1H3,(H,20,21). The highest BCUT2D eigenvalue weighted by Crippen LogP contribution is 2.31. The molecule has 2 aromatic heterocycles. The van der Waals surface area contributed by atoms with Crippen LogP contribution in [0, 0.1) is 5.82 Å². The minimum absolute atomic E-state index is 0.0683. The van der Waals surface area contributed by atoms with Crippen molar-refractivity contribution in [1.29, 1.82) is 0 Å². The number of aromatic carboxylic acids is 1. The molecule has 1 N–H and O–H groups in total. The van der Waals surface area contributed by atoms with Crippen molar-refractivity contribution in [2.75, 3.05) is 0 Å². The Balaban J connectivity index is 2.40. The second kappa shape index (κ2) is 4.82. The smallest absolute Gasteiger partial charge is 0.336 e. The SMILES string of the molecule is Cn1cc(-c2cc(C(=O)O)c3c(Cl)ccc(F)c3n2)cn1. The minimum Gasteiger partial charge on any atom is -0.478 e. The Morgan fingerprint density at radius 3 is 2.81 bits per heavy atom. The van der Waals surface area contributed by atoms with Crippen LogP contribution < -0.4 is 0 Å². The van der Waals surface area contributed by atoms with Crippen molar-refractivity contribution in [1.82, 2.24) is 14.8 Å². The molecule has 0 radical (unpaired) electrons. The summed E-state index contributed by atoms with van der Waals surface area (Å²) < 4.78 is 15.5. The summed E-state index contributed by atoms with van der Waals surface area (Å²) >= 11 is 5.99. The van der Waals surface area contributed by atoms with E-state index in [1.165, 1.54) is 18.3 Å². The lowest BCUT2D eigenvalue weighted by Gasteiger charge is -2.08. The average Bonchev–Trinajstić information content (AvgIpc) is 2.88. The normalized spacial score (nSPS) is 11.0. The van der Waals surface area contributed by atoms with Crippen molar-refractivity contribution in [3.8, 4) is 11.3 Å². The molecule has 5 nitrogen and oxygen atoms in total. The molecule has 0 amide bonds. The third-order valence-electron chi connectivity index (χ3n) is 3.09. The van der Waals surface area contributed by atoms with E-state index in [0.29, 0.717) is 11.3 Å². The predicted molar refractivity (Wildman–Crippen MR) is 75.9 cm³/mol. The molecule has 0 aliphatic heterocycles. The molecule has 3 rings (SSSR count).